The number of methoxy groups -OCH3 is 1. The molecule has 2 aliphatic heterocycles. The zero-order valence-corrected chi connectivity index (χ0v) is 18.6. The Balaban J connectivity index is 1.23. The van der Waals surface area contributed by atoms with Crippen LogP contribution >= 0.6 is 0 Å². The lowest BCUT2D eigenvalue weighted by Crippen LogP contribution is -2.51. The molecular weight excluding hydrogens is 400 g/mol. The van der Waals surface area contributed by atoms with Crippen LogP contribution in [0.3, 0.4) is 0 Å². The van der Waals surface area contributed by atoms with Crippen molar-refractivity contribution in [1.82, 2.24) is 9.88 Å². The maximum absolute atomic E-state index is 13.3. The van der Waals surface area contributed by atoms with E-state index in [9.17, 15) is 4.79 Å². The summed E-state index contributed by atoms with van der Waals surface area (Å²) >= 11 is 0. The first-order chi connectivity index (χ1) is 15.7. The molecule has 0 N–H and O–H groups in total. The summed E-state index contributed by atoms with van der Waals surface area (Å²) < 4.78 is 11.6. The average molecular weight is 431 g/mol. The van der Waals surface area contributed by atoms with Gasteiger partial charge in [-0.2, -0.15) is 0 Å². The van der Waals surface area contributed by atoms with Crippen LogP contribution in [0.25, 0.3) is 10.8 Å². The second-order valence-corrected chi connectivity index (χ2v) is 9.12. The van der Waals surface area contributed by atoms with Gasteiger partial charge >= 0.3 is 0 Å². The molecule has 5 heteroatoms. The van der Waals surface area contributed by atoms with Gasteiger partial charge in [-0.1, -0.05) is 36.4 Å². The van der Waals surface area contributed by atoms with Crippen molar-refractivity contribution >= 4 is 16.7 Å². The first kappa shape index (κ1) is 21.0. The lowest BCUT2D eigenvalue weighted by Gasteiger charge is -2.46. The minimum atomic E-state index is -0.0989. The van der Waals surface area contributed by atoms with Gasteiger partial charge in [0, 0.05) is 31.3 Å². The maximum atomic E-state index is 13.3. The zero-order valence-electron chi connectivity index (χ0n) is 18.6. The predicted octanol–water partition coefficient (Wildman–Crippen LogP) is 4.89. The summed E-state index contributed by atoms with van der Waals surface area (Å²) in [6.45, 7) is 2.25. The second-order valence-electron chi connectivity index (χ2n) is 9.12. The monoisotopic (exact) mass is 430 g/mol. The SMILES string of the molecule is COc1ccc(CC2CCOC3(CCN(C(=O)c4nccc5ccccc45)CC3)C2)cc1. The van der Waals surface area contributed by atoms with Crippen LogP contribution in [0.15, 0.2) is 60.8 Å². The summed E-state index contributed by atoms with van der Waals surface area (Å²) in [5.74, 6) is 1.54. The topological polar surface area (TPSA) is 51.7 Å². The number of pyridine rings is 1. The first-order valence-corrected chi connectivity index (χ1v) is 11.6. The van der Waals surface area contributed by atoms with Crippen LogP contribution < -0.4 is 4.74 Å². The van der Waals surface area contributed by atoms with Gasteiger partial charge in [-0.05, 0) is 67.2 Å². The van der Waals surface area contributed by atoms with E-state index in [1.165, 1.54) is 5.56 Å². The van der Waals surface area contributed by atoms with Crippen molar-refractivity contribution in [3.05, 3.63) is 72.1 Å². The Hall–Kier alpha value is -2.92. The second kappa shape index (κ2) is 8.91. The van der Waals surface area contributed by atoms with E-state index in [-0.39, 0.29) is 11.5 Å². The van der Waals surface area contributed by atoms with Gasteiger partial charge in [0.25, 0.3) is 5.91 Å². The van der Waals surface area contributed by atoms with Crippen LogP contribution in [-0.2, 0) is 11.2 Å². The summed E-state index contributed by atoms with van der Waals surface area (Å²) in [5.41, 5.74) is 1.81. The van der Waals surface area contributed by atoms with E-state index in [2.05, 4.69) is 17.1 Å². The molecule has 1 amide bonds. The van der Waals surface area contributed by atoms with Crippen LogP contribution in [0.4, 0.5) is 0 Å². The third kappa shape index (κ3) is 4.22. The number of amides is 1. The molecule has 166 valence electrons. The normalized spacial score (nSPS) is 20.4. The number of carbonyl (C=O) groups excluding carboxylic acids is 1. The Morgan fingerprint density at radius 2 is 1.91 bits per heavy atom. The number of benzene rings is 2. The Morgan fingerprint density at radius 3 is 2.69 bits per heavy atom. The molecule has 0 aliphatic carbocycles. The molecule has 0 radical (unpaired) electrons. The highest BCUT2D eigenvalue weighted by atomic mass is 16.5. The Labute approximate surface area is 189 Å². The molecule has 2 fully saturated rings. The molecule has 2 aromatic carbocycles. The third-order valence-corrected chi connectivity index (χ3v) is 7.12. The molecule has 1 unspecified atom stereocenters. The number of fused-ring (bicyclic) bond motifs is 1. The van der Waals surface area contributed by atoms with Crippen molar-refractivity contribution in [3.8, 4) is 5.75 Å². The van der Waals surface area contributed by atoms with Crippen molar-refractivity contribution in [2.75, 3.05) is 26.8 Å². The highest BCUT2D eigenvalue weighted by molar-refractivity contribution is 6.05. The van der Waals surface area contributed by atoms with Gasteiger partial charge < -0.3 is 14.4 Å². The summed E-state index contributed by atoms with van der Waals surface area (Å²) in [5, 5.41) is 1.98. The largest absolute Gasteiger partial charge is 0.497 e. The molecule has 5 rings (SSSR count). The van der Waals surface area contributed by atoms with Crippen molar-refractivity contribution in [2.45, 2.75) is 37.7 Å². The number of rotatable bonds is 4. The van der Waals surface area contributed by atoms with Crippen LogP contribution in [0.5, 0.6) is 5.75 Å². The van der Waals surface area contributed by atoms with Gasteiger partial charge in [-0.3, -0.25) is 9.78 Å². The van der Waals surface area contributed by atoms with Gasteiger partial charge in [0.05, 0.1) is 12.7 Å². The number of ether oxygens (including phenoxy) is 2. The number of likely N-dealkylation sites (tertiary alicyclic amines) is 1. The molecule has 1 spiro atoms. The smallest absolute Gasteiger partial charge is 0.273 e. The molecule has 0 saturated carbocycles. The number of piperidine rings is 1. The molecule has 32 heavy (non-hydrogen) atoms. The highest BCUT2D eigenvalue weighted by Gasteiger charge is 2.41. The summed E-state index contributed by atoms with van der Waals surface area (Å²) in [6.07, 6.45) is 6.74. The van der Waals surface area contributed by atoms with Crippen LogP contribution in [0.2, 0.25) is 0 Å². The summed E-state index contributed by atoms with van der Waals surface area (Å²) in [4.78, 5) is 19.6. The number of aromatic nitrogens is 1. The molecule has 2 saturated heterocycles. The summed E-state index contributed by atoms with van der Waals surface area (Å²) in [6, 6.07) is 18.3. The molecule has 2 aliphatic rings. The Bertz CT molecular complexity index is 1080. The van der Waals surface area contributed by atoms with Crippen molar-refractivity contribution < 1.29 is 14.3 Å². The average Bonchev–Trinajstić information content (AvgIpc) is 2.84. The third-order valence-electron chi connectivity index (χ3n) is 7.12. The molecule has 0 bridgehead atoms. The number of hydrogen-bond donors (Lipinski definition) is 0. The fourth-order valence-corrected chi connectivity index (χ4v) is 5.30. The lowest BCUT2D eigenvalue weighted by molar-refractivity contribution is -0.123. The van der Waals surface area contributed by atoms with Gasteiger partial charge in [0.1, 0.15) is 11.4 Å². The van der Waals surface area contributed by atoms with Crippen LogP contribution in [-0.4, -0.2) is 48.2 Å². The number of nitrogens with zero attached hydrogens (tertiary/aromatic N) is 2. The molecular formula is C27H30N2O3. The molecule has 3 aromatic rings. The lowest BCUT2D eigenvalue weighted by atomic mass is 9.77. The number of hydrogen-bond acceptors (Lipinski definition) is 4. The predicted molar refractivity (Wildman–Crippen MR) is 125 cm³/mol. The molecule has 5 nitrogen and oxygen atoms in total. The van der Waals surface area contributed by atoms with Crippen molar-refractivity contribution in [3.63, 3.8) is 0 Å². The van der Waals surface area contributed by atoms with E-state index in [0.717, 1.165) is 68.3 Å². The van der Waals surface area contributed by atoms with Crippen LogP contribution in [0.1, 0.15) is 41.7 Å². The van der Waals surface area contributed by atoms with Gasteiger partial charge in [0.2, 0.25) is 0 Å². The van der Waals surface area contributed by atoms with Gasteiger partial charge in [0.15, 0.2) is 0 Å². The number of carbonyl (C=O) groups is 1. The fraction of sp³-hybridized carbons (Fsp3) is 0.407. The van der Waals surface area contributed by atoms with E-state index in [4.69, 9.17) is 9.47 Å². The molecule has 1 aromatic heterocycles. The fourth-order valence-electron chi connectivity index (χ4n) is 5.30. The van der Waals surface area contributed by atoms with Crippen molar-refractivity contribution in [2.24, 2.45) is 5.92 Å². The van der Waals surface area contributed by atoms with Gasteiger partial charge in [-0.15, -0.1) is 0 Å². The van der Waals surface area contributed by atoms with Crippen molar-refractivity contribution in [1.29, 1.82) is 0 Å². The van der Waals surface area contributed by atoms with E-state index >= 15 is 0 Å². The van der Waals surface area contributed by atoms with E-state index in [0.29, 0.717) is 11.6 Å². The Morgan fingerprint density at radius 1 is 1.12 bits per heavy atom. The van der Waals surface area contributed by atoms with E-state index in [1.807, 2.05) is 47.4 Å². The first-order valence-electron chi connectivity index (χ1n) is 11.6. The van der Waals surface area contributed by atoms with Gasteiger partial charge in [-0.25, -0.2) is 0 Å². The molecule has 1 atom stereocenters. The van der Waals surface area contributed by atoms with E-state index in [1.54, 1.807) is 13.3 Å². The molecule has 3 heterocycles. The highest BCUT2D eigenvalue weighted by Crippen LogP contribution is 2.39. The maximum Gasteiger partial charge on any atom is 0.273 e. The summed E-state index contributed by atoms with van der Waals surface area (Å²) in [7, 11) is 1.70. The minimum absolute atomic E-state index is 0.0299. The van der Waals surface area contributed by atoms with E-state index < -0.39 is 0 Å². The Kier molecular flexibility index (Phi) is 5.83. The van der Waals surface area contributed by atoms with Crippen LogP contribution in [0, 0.1) is 5.92 Å². The quantitative estimate of drug-likeness (QED) is 0.592. The standard InChI is InChI=1S/C27H30N2O3/c1-31-23-8-6-20(7-9-23)18-21-11-17-32-27(19-21)12-15-29(16-13-27)26(30)25-24-5-3-2-4-22(24)10-14-28-25/h2-10,14,21H,11-13,15-19H2,1H3. The zero-order chi connectivity index (χ0) is 22.0. The minimum Gasteiger partial charge on any atom is -0.497 e.